The summed E-state index contributed by atoms with van der Waals surface area (Å²) in [5.74, 6) is 0.381. The molecule has 0 amide bonds. The van der Waals surface area contributed by atoms with Gasteiger partial charge in [-0.05, 0) is 42.8 Å². The summed E-state index contributed by atoms with van der Waals surface area (Å²) in [5, 5.41) is 25.6. The SMILES string of the molecule is CN1c2c(C#N)cc(Nc3cccnc3C#N)cc2C2CNCCC21. The Morgan fingerprint density at radius 3 is 3.00 bits per heavy atom. The van der Waals surface area contributed by atoms with Crippen LogP contribution in [-0.4, -0.2) is 31.2 Å². The normalized spacial score (nSPS) is 21.0. The molecule has 0 radical (unpaired) electrons. The van der Waals surface area contributed by atoms with E-state index in [2.05, 4.69) is 45.8 Å². The highest BCUT2D eigenvalue weighted by Gasteiger charge is 2.39. The van der Waals surface area contributed by atoms with Crippen molar-refractivity contribution in [2.24, 2.45) is 0 Å². The number of anilines is 3. The van der Waals surface area contributed by atoms with E-state index in [4.69, 9.17) is 0 Å². The molecule has 2 aliphatic heterocycles. The van der Waals surface area contributed by atoms with Crippen molar-refractivity contribution in [3.63, 3.8) is 0 Å². The van der Waals surface area contributed by atoms with Crippen molar-refractivity contribution >= 4 is 17.1 Å². The topological polar surface area (TPSA) is 87.8 Å². The van der Waals surface area contributed by atoms with Gasteiger partial charge in [0.05, 0.1) is 16.9 Å². The lowest BCUT2D eigenvalue weighted by Crippen LogP contribution is -2.42. The molecular formula is C19H18N6. The number of fused-ring (bicyclic) bond motifs is 3. The number of aromatic nitrogens is 1. The fourth-order valence-corrected chi connectivity index (χ4v) is 4.03. The Balaban J connectivity index is 1.78. The molecule has 0 aliphatic carbocycles. The lowest BCUT2D eigenvalue weighted by Gasteiger charge is -2.31. The minimum absolute atomic E-state index is 0.343. The summed E-state index contributed by atoms with van der Waals surface area (Å²) < 4.78 is 0. The molecule has 3 heterocycles. The molecule has 0 bridgehead atoms. The Morgan fingerprint density at radius 1 is 1.32 bits per heavy atom. The zero-order valence-corrected chi connectivity index (χ0v) is 14.0. The zero-order chi connectivity index (χ0) is 17.4. The first-order valence-corrected chi connectivity index (χ1v) is 8.36. The van der Waals surface area contributed by atoms with Gasteiger partial charge in [0, 0.05) is 37.4 Å². The van der Waals surface area contributed by atoms with E-state index in [0.717, 1.165) is 30.9 Å². The van der Waals surface area contributed by atoms with Gasteiger partial charge in [0.15, 0.2) is 5.69 Å². The third kappa shape index (κ3) is 2.48. The minimum atomic E-state index is 0.343. The highest BCUT2D eigenvalue weighted by atomic mass is 15.2. The van der Waals surface area contributed by atoms with E-state index in [9.17, 15) is 10.5 Å². The molecule has 2 atom stereocenters. The van der Waals surface area contributed by atoms with Gasteiger partial charge in [-0.15, -0.1) is 0 Å². The monoisotopic (exact) mass is 330 g/mol. The molecule has 124 valence electrons. The molecule has 1 saturated heterocycles. The van der Waals surface area contributed by atoms with Crippen molar-refractivity contribution in [2.75, 3.05) is 30.4 Å². The Bertz CT molecular complexity index is 907. The fraction of sp³-hybridized carbons (Fsp3) is 0.316. The van der Waals surface area contributed by atoms with E-state index in [-0.39, 0.29) is 0 Å². The van der Waals surface area contributed by atoms with Gasteiger partial charge in [-0.2, -0.15) is 10.5 Å². The summed E-state index contributed by atoms with van der Waals surface area (Å²) >= 11 is 0. The van der Waals surface area contributed by atoms with Gasteiger partial charge in [-0.1, -0.05) is 0 Å². The number of nitrogens with zero attached hydrogens (tertiary/aromatic N) is 4. The molecule has 1 aromatic carbocycles. The smallest absolute Gasteiger partial charge is 0.163 e. The molecule has 1 fully saturated rings. The Kier molecular flexibility index (Phi) is 3.76. The van der Waals surface area contributed by atoms with Crippen LogP contribution in [0.4, 0.5) is 17.1 Å². The number of benzene rings is 1. The van der Waals surface area contributed by atoms with Gasteiger partial charge in [0.1, 0.15) is 12.1 Å². The number of pyridine rings is 1. The number of piperidine rings is 1. The molecule has 0 spiro atoms. The van der Waals surface area contributed by atoms with E-state index >= 15 is 0 Å². The molecule has 1 aromatic heterocycles. The van der Waals surface area contributed by atoms with E-state index < -0.39 is 0 Å². The van der Waals surface area contributed by atoms with Gasteiger partial charge >= 0.3 is 0 Å². The maximum Gasteiger partial charge on any atom is 0.163 e. The lowest BCUT2D eigenvalue weighted by molar-refractivity contribution is 0.413. The molecule has 6 nitrogen and oxygen atoms in total. The maximum absolute atomic E-state index is 9.66. The van der Waals surface area contributed by atoms with Gasteiger partial charge in [-0.3, -0.25) is 0 Å². The molecule has 6 heteroatoms. The number of hydrogen-bond donors (Lipinski definition) is 2. The Morgan fingerprint density at radius 2 is 2.20 bits per heavy atom. The summed E-state index contributed by atoms with van der Waals surface area (Å²) in [6.45, 7) is 1.93. The third-order valence-corrected chi connectivity index (χ3v) is 5.15. The second kappa shape index (κ2) is 6.08. The molecule has 0 saturated carbocycles. The highest BCUT2D eigenvalue weighted by molar-refractivity contribution is 5.77. The van der Waals surface area contributed by atoms with Crippen molar-refractivity contribution < 1.29 is 0 Å². The van der Waals surface area contributed by atoms with E-state index in [1.165, 1.54) is 5.56 Å². The second-order valence-electron chi connectivity index (χ2n) is 6.49. The van der Waals surface area contributed by atoms with Crippen molar-refractivity contribution in [3.8, 4) is 12.1 Å². The predicted molar refractivity (Wildman–Crippen MR) is 95.8 cm³/mol. The van der Waals surface area contributed by atoms with Gasteiger partial charge < -0.3 is 15.5 Å². The van der Waals surface area contributed by atoms with Crippen LogP contribution in [0.3, 0.4) is 0 Å². The summed E-state index contributed by atoms with van der Waals surface area (Å²) in [7, 11) is 2.08. The van der Waals surface area contributed by atoms with Crippen molar-refractivity contribution in [1.82, 2.24) is 10.3 Å². The Hall–Kier alpha value is -3.09. The molecule has 2 aromatic rings. The standard InChI is InChI=1S/C19H18N6/c1-25-18-4-6-22-11-15(18)14-8-13(7-12(9-20)19(14)25)24-16-3-2-5-23-17(16)10-21/h2-3,5,7-8,15,18,22,24H,4,6,11H2,1H3. The fourth-order valence-electron chi connectivity index (χ4n) is 4.03. The van der Waals surface area contributed by atoms with Crippen molar-refractivity contribution in [1.29, 1.82) is 10.5 Å². The zero-order valence-electron chi connectivity index (χ0n) is 14.0. The van der Waals surface area contributed by atoms with Crippen LogP contribution < -0.4 is 15.5 Å². The van der Waals surface area contributed by atoms with Crippen molar-refractivity contribution in [2.45, 2.75) is 18.4 Å². The van der Waals surface area contributed by atoms with Crippen LogP contribution in [0.1, 0.15) is 29.2 Å². The van der Waals surface area contributed by atoms with E-state index in [1.807, 2.05) is 12.1 Å². The largest absolute Gasteiger partial charge is 0.370 e. The number of hydrogen-bond acceptors (Lipinski definition) is 6. The summed E-state index contributed by atoms with van der Waals surface area (Å²) in [6, 6.07) is 12.4. The van der Waals surface area contributed by atoms with Crippen LogP contribution in [0.25, 0.3) is 0 Å². The average Bonchev–Trinajstić information content (AvgIpc) is 2.94. The van der Waals surface area contributed by atoms with E-state index in [0.29, 0.717) is 28.9 Å². The molecule has 2 aliphatic rings. The second-order valence-corrected chi connectivity index (χ2v) is 6.49. The van der Waals surface area contributed by atoms with Crippen LogP contribution in [-0.2, 0) is 0 Å². The molecular weight excluding hydrogens is 312 g/mol. The van der Waals surface area contributed by atoms with Crippen LogP contribution in [0.2, 0.25) is 0 Å². The number of rotatable bonds is 2. The van der Waals surface area contributed by atoms with Crippen molar-refractivity contribution in [3.05, 3.63) is 47.3 Å². The van der Waals surface area contributed by atoms with Gasteiger partial charge in [0.2, 0.25) is 0 Å². The number of likely N-dealkylation sites (N-methyl/N-ethyl adjacent to an activating group) is 1. The Labute approximate surface area is 146 Å². The summed E-state index contributed by atoms with van der Waals surface area (Å²) in [4.78, 5) is 6.34. The minimum Gasteiger partial charge on any atom is -0.370 e. The van der Waals surface area contributed by atoms with Gasteiger partial charge in [0.25, 0.3) is 0 Å². The molecule has 25 heavy (non-hydrogen) atoms. The molecule has 2 N–H and O–H groups in total. The quantitative estimate of drug-likeness (QED) is 0.879. The van der Waals surface area contributed by atoms with Gasteiger partial charge in [-0.25, -0.2) is 4.98 Å². The first-order valence-electron chi connectivity index (χ1n) is 8.36. The summed E-state index contributed by atoms with van der Waals surface area (Å²) in [5.41, 5.74) is 4.72. The number of nitriles is 2. The predicted octanol–water partition coefficient (Wildman–Crippen LogP) is 2.46. The van der Waals surface area contributed by atoms with Crippen LogP contribution >= 0.6 is 0 Å². The highest BCUT2D eigenvalue weighted by Crippen LogP contribution is 2.45. The molecule has 4 rings (SSSR count). The lowest BCUT2D eigenvalue weighted by atomic mass is 9.89. The average molecular weight is 330 g/mol. The van der Waals surface area contributed by atoms with Crippen LogP contribution in [0.15, 0.2) is 30.5 Å². The first kappa shape index (κ1) is 15.4. The third-order valence-electron chi connectivity index (χ3n) is 5.15. The summed E-state index contributed by atoms with van der Waals surface area (Å²) in [6.07, 6.45) is 2.67. The first-order chi connectivity index (χ1) is 12.2. The molecule has 2 unspecified atom stereocenters. The van der Waals surface area contributed by atoms with Crippen LogP contribution in [0.5, 0.6) is 0 Å². The number of nitrogens with one attached hydrogen (secondary N) is 2. The maximum atomic E-state index is 9.66. The van der Waals surface area contributed by atoms with E-state index in [1.54, 1.807) is 12.3 Å². The van der Waals surface area contributed by atoms with Crippen LogP contribution in [0, 0.1) is 22.7 Å².